The summed E-state index contributed by atoms with van der Waals surface area (Å²) in [5.74, 6) is -2.72. The van der Waals surface area contributed by atoms with Gasteiger partial charge in [0.25, 0.3) is 5.91 Å². The monoisotopic (exact) mass is 847 g/mol. The molecule has 1 spiro atoms. The molecule has 2 saturated carbocycles. The highest BCUT2D eigenvalue weighted by atomic mass is 32.2. The van der Waals surface area contributed by atoms with E-state index in [9.17, 15) is 40.8 Å². The van der Waals surface area contributed by atoms with Crippen molar-refractivity contribution < 1.29 is 55.0 Å². The van der Waals surface area contributed by atoms with E-state index in [-0.39, 0.29) is 50.7 Å². The summed E-state index contributed by atoms with van der Waals surface area (Å²) in [5, 5.41) is 6.01. The number of allylic oxidation sites excluding steroid dienone is 1. The number of alkyl carbamates (subject to hydrolysis) is 1. The SMILES string of the molecule is Cc1nc2ccc(OC(F)(F)F)cc2c2c1O[C@]1(CC2)C[C@H]2C(=O)N[C@]3(C(=O)NS(=O)(=O)C4(C)CC4)C[C@H]3/C=C\CCCCC[C@H](NC(=O)OCC(C)(C)C)C(=O)N2C1. The second-order valence-corrected chi connectivity index (χ2v) is 20.5. The molecule has 322 valence electrons. The number of fused-ring (bicyclic) bond motifs is 5. The van der Waals surface area contributed by atoms with Crippen LogP contribution in [0.25, 0.3) is 10.9 Å². The number of sulfonamides is 1. The van der Waals surface area contributed by atoms with Gasteiger partial charge in [0.2, 0.25) is 21.8 Å². The summed E-state index contributed by atoms with van der Waals surface area (Å²) < 4.78 is 83.4. The molecule has 5 aliphatic rings. The minimum Gasteiger partial charge on any atom is -0.483 e. The number of aryl methyl sites for hydroxylation is 2. The van der Waals surface area contributed by atoms with Gasteiger partial charge in [0.1, 0.15) is 34.7 Å². The van der Waals surface area contributed by atoms with Gasteiger partial charge in [0, 0.05) is 23.3 Å². The number of aromatic nitrogens is 1. The lowest BCUT2D eigenvalue weighted by atomic mass is 9.87. The van der Waals surface area contributed by atoms with Crippen molar-refractivity contribution >= 4 is 44.7 Å². The lowest BCUT2D eigenvalue weighted by Gasteiger charge is -2.36. The Kier molecular flexibility index (Phi) is 10.9. The number of halogens is 3. The zero-order valence-corrected chi connectivity index (χ0v) is 34.7. The predicted octanol–water partition coefficient (Wildman–Crippen LogP) is 5.64. The number of carbonyl (C=O) groups is 4. The van der Waals surface area contributed by atoms with Gasteiger partial charge in [-0.05, 0) is 88.8 Å². The Labute approximate surface area is 341 Å². The van der Waals surface area contributed by atoms with Crippen LogP contribution < -0.4 is 24.8 Å². The van der Waals surface area contributed by atoms with Gasteiger partial charge in [0.15, 0.2) is 0 Å². The Morgan fingerprint density at radius 3 is 2.53 bits per heavy atom. The van der Waals surface area contributed by atoms with Crippen molar-refractivity contribution in [1.82, 2.24) is 25.2 Å². The fraction of sp³-hybridized carbons (Fsp3) is 0.634. The first-order valence-corrected chi connectivity index (χ1v) is 21.7. The summed E-state index contributed by atoms with van der Waals surface area (Å²) in [7, 11) is -4.05. The van der Waals surface area contributed by atoms with Crippen molar-refractivity contribution in [3.63, 3.8) is 0 Å². The van der Waals surface area contributed by atoms with E-state index in [0.717, 1.165) is 6.42 Å². The average molecular weight is 848 g/mol. The molecule has 0 unspecified atom stereocenters. The molecular formula is C41H52F3N5O9S. The number of hydrogen-bond acceptors (Lipinski definition) is 10. The molecule has 4 amide bonds. The molecule has 3 fully saturated rings. The predicted molar refractivity (Wildman–Crippen MR) is 209 cm³/mol. The lowest BCUT2D eigenvalue weighted by molar-refractivity contribution is -0.274. The first kappa shape index (κ1) is 42.5. The average Bonchev–Trinajstić information content (AvgIpc) is 4.03. The Morgan fingerprint density at radius 1 is 1.08 bits per heavy atom. The molecule has 3 aliphatic heterocycles. The third kappa shape index (κ3) is 8.97. The molecule has 0 radical (unpaired) electrons. The van der Waals surface area contributed by atoms with E-state index < -0.39 is 79.8 Å². The van der Waals surface area contributed by atoms with Crippen molar-refractivity contribution in [2.45, 2.75) is 140 Å². The zero-order chi connectivity index (χ0) is 42.8. The maximum atomic E-state index is 14.8. The van der Waals surface area contributed by atoms with Crippen LogP contribution in [0.4, 0.5) is 18.0 Å². The Morgan fingerprint density at radius 2 is 1.83 bits per heavy atom. The molecule has 14 nitrogen and oxygen atoms in total. The lowest BCUT2D eigenvalue weighted by Crippen LogP contribution is -2.58. The van der Waals surface area contributed by atoms with Crippen LogP contribution in [0, 0.1) is 18.3 Å². The highest BCUT2D eigenvalue weighted by Gasteiger charge is 2.64. The number of amides is 4. The largest absolute Gasteiger partial charge is 0.573 e. The summed E-state index contributed by atoms with van der Waals surface area (Å²) >= 11 is 0. The van der Waals surface area contributed by atoms with Crippen LogP contribution in [0.15, 0.2) is 30.4 Å². The van der Waals surface area contributed by atoms with Gasteiger partial charge in [-0.15, -0.1) is 13.2 Å². The van der Waals surface area contributed by atoms with Gasteiger partial charge in [-0.1, -0.05) is 45.8 Å². The highest BCUT2D eigenvalue weighted by molar-refractivity contribution is 7.91. The number of carbonyl (C=O) groups excluding carboxylic acids is 4. The second-order valence-electron chi connectivity index (χ2n) is 18.3. The zero-order valence-electron chi connectivity index (χ0n) is 33.9. The number of pyridine rings is 1. The standard InChI is InChI=1S/C41H52F3N5O9S/c1-24-32-27(28-19-26(57-41(42,43)44)13-14-29(28)45-24)15-16-39(58-32)21-31-33(50)47-40(35(52)48-59(54,55)38(5)17-18-38)20-25(40)11-9-7-6-8-10-12-30(34(51)49(31)22-39)46-36(53)56-23-37(2,3)4/h9,11,13-14,19,25,30-31H,6-8,10,12,15-18,20-23H2,1-5H3,(H,46,53)(H,47,50)(H,48,52)/b11-9-/t25-,30+,31+,39-,40-/m1/s1. The number of nitrogens with zero attached hydrogens (tertiary/aromatic N) is 2. The fourth-order valence-electron chi connectivity index (χ4n) is 8.33. The van der Waals surface area contributed by atoms with Crippen LogP contribution in [0.3, 0.4) is 0 Å². The Hall–Kier alpha value is -4.61. The molecule has 5 atom stereocenters. The summed E-state index contributed by atoms with van der Waals surface area (Å²) in [6.45, 7) is 8.92. The van der Waals surface area contributed by atoms with Gasteiger partial charge in [0.05, 0.1) is 29.1 Å². The highest BCUT2D eigenvalue weighted by Crippen LogP contribution is 2.49. The van der Waals surface area contributed by atoms with E-state index in [4.69, 9.17) is 9.47 Å². The van der Waals surface area contributed by atoms with E-state index in [1.165, 1.54) is 23.1 Å². The first-order valence-electron chi connectivity index (χ1n) is 20.2. The van der Waals surface area contributed by atoms with E-state index >= 15 is 0 Å². The number of alkyl halides is 3. The van der Waals surface area contributed by atoms with Crippen LogP contribution in [-0.2, 0) is 35.6 Å². The van der Waals surface area contributed by atoms with E-state index in [2.05, 4.69) is 25.1 Å². The van der Waals surface area contributed by atoms with Crippen molar-refractivity contribution in [3.8, 4) is 11.5 Å². The molecule has 59 heavy (non-hydrogen) atoms. The van der Waals surface area contributed by atoms with E-state index in [1.807, 2.05) is 32.9 Å². The third-order valence-corrected chi connectivity index (χ3v) is 14.3. The molecule has 2 aliphatic carbocycles. The van der Waals surface area contributed by atoms with Crippen molar-refractivity contribution in [1.29, 1.82) is 0 Å². The van der Waals surface area contributed by atoms with Gasteiger partial charge in [-0.2, -0.15) is 0 Å². The summed E-state index contributed by atoms with van der Waals surface area (Å²) in [6.07, 6.45) is 2.37. The molecule has 18 heteroatoms. The number of nitrogens with one attached hydrogen (secondary N) is 3. The maximum Gasteiger partial charge on any atom is 0.573 e. The first-order chi connectivity index (χ1) is 27.5. The van der Waals surface area contributed by atoms with Gasteiger partial charge in [-0.3, -0.25) is 19.1 Å². The van der Waals surface area contributed by atoms with Crippen molar-refractivity contribution in [3.05, 3.63) is 41.6 Å². The van der Waals surface area contributed by atoms with E-state index in [0.29, 0.717) is 60.0 Å². The van der Waals surface area contributed by atoms with Crippen LogP contribution in [0.5, 0.6) is 11.5 Å². The molecule has 1 aromatic carbocycles. The Bertz CT molecular complexity index is 2190. The van der Waals surface area contributed by atoms with Gasteiger partial charge in [-0.25, -0.2) is 18.2 Å². The molecular weight excluding hydrogens is 796 g/mol. The fourth-order valence-corrected chi connectivity index (χ4v) is 9.65. The van der Waals surface area contributed by atoms with Crippen molar-refractivity contribution in [2.24, 2.45) is 11.3 Å². The number of hydrogen-bond donors (Lipinski definition) is 3. The second kappa shape index (κ2) is 15.1. The van der Waals surface area contributed by atoms with E-state index in [1.54, 1.807) is 13.8 Å². The topological polar surface area (TPSA) is 182 Å². The minimum absolute atomic E-state index is 0.0471. The maximum absolute atomic E-state index is 14.8. The quantitative estimate of drug-likeness (QED) is 0.308. The van der Waals surface area contributed by atoms with Gasteiger partial charge < -0.3 is 29.7 Å². The van der Waals surface area contributed by atoms with Crippen molar-refractivity contribution in [2.75, 3.05) is 13.2 Å². The van der Waals surface area contributed by atoms with Crippen LogP contribution >= 0.6 is 0 Å². The molecule has 4 heterocycles. The molecule has 1 saturated heterocycles. The summed E-state index contributed by atoms with van der Waals surface area (Å²) in [5.41, 5.74) is -1.64. The van der Waals surface area contributed by atoms with Gasteiger partial charge >= 0.3 is 12.5 Å². The minimum atomic E-state index is -4.91. The smallest absolute Gasteiger partial charge is 0.483 e. The molecule has 0 bridgehead atoms. The number of rotatable bonds is 6. The van der Waals surface area contributed by atoms with Crippen LogP contribution in [-0.4, -0.2) is 89.6 Å². The summed E-state index contributed by atoms with van der Waals surface area (Å²) in [4.78, 5) is 62.4. The third-order valence-electron chi connectivity index (χ3n) is 12.1. The number of ether oxygens (including phenoxy) is 3. The molecule has 7 rings (SSSR count). The van der Waals surface area contributed by atoms with Crippen LogP contribution in [0.1, 0.15) is 103 Å². The molecule has 2 aromatic rings. The summed E-state index contributed by atoms with van der Waals surface area (Å²) in [6, 6.07) is 1.57. The van der Waals surface area contributed by atoms with Crippen LogP contribution in [0.2, 0.25) is 0 Å². The Balaban J connectivity index is 1.23. The molecule has 3 N–H and O–H groups in total. The normalized spacial score (nSPS) is 28.7. The number of benzene rings is 1. The molecule has 1 aromatic heterocycles.